The first-order chi connectivity index (χ1) is 10.5. The van der Waals surface area contributed by atoms with Gasteiger partial charge in [-0.2, -0.15) is 5.26 Å². The minimum absolute atomic E-state index is 0.132. The van der Waals surface area contributed by atoms with E-state index < -0.39 is 16.0 Å². The lowest BCUT2D eigenvalue weighted by molar-refractivity contribution is -0.385. The number of nitro groups is 2. The summed E-state index contributed by atoms with van der Waals surface area (Å²) in [5.74, 6) is 0.132. The Morgan fingerprint density at radius 3 is 2.18 bits per heavy atom. The van der Waals surface area contributed by atoms with Crippen molar-refractivity contribution < 1.29 is 14.6 Å². The summed E-state index contributed by atoms with van der Waals surface area (Å²) in [6.45, 7) is 0. The molecule has 0 heterocycles. The number of benzene rings is 2. The number of ether oxygens (including phenoxy) is 1. The van der Waals surface area contributed by atoms with Crippen LogP contribution in [0.3, 0.4) is 0 Å². The Balaban J connectivity index is 2.28. The maximum atomic E-state index is 10.7. The van der Waals surface area contributed by atoms with Gasteiger partial charge in [0.15, 0.2) is 0 Å². The predicted molar refractivity (Wildman–Crippen MR) is 75.2 cm³/mol. The summed E-state index contributed by atoms with van der Waals surface area (Å²) >= 11 is 0. The fourth-order valence-electron chi connectivity index (χ4n) is 1.78. The van der Waals surface area contributed by atoms with E-state index in [1.165, 1.54) is 48.5 Å². The molecular weight excluding hydrogens is 290 g/mol. The van der Waals surface area contributed by atoms with Gasteiger partial charge < -0.3 is 4.74 Å². The molecule has 1 atom stereocenters. The fraction of sp³-hybridized carbons (Fsp3) is 0.0714. The Kier molecular flexibility index (Phi) is 4.29. The molecule has 0 saturated heterocycles. The molecule has 2 aromatic rings. The van der Waals surface area contributed by atoms with Gasteiger partial charge in [-0.25, -0.2) is 0 Å². The van der Waals surface area contributed by atoms with Crippen LogP contribution in [-0.4, -0.2) is 9.85 Å². The molecule has 0 aliphatic heterocycles. The summed E-state index contributed by atoms with van der Waals surface area (Å²) in [5, 5.41) is 30.6. The monoisotopic (exact) mass is 299 g/mol. The molecular formula is C14H9N3O5. The van der Waals surface area contributed by atoms with Crippen LogP contribution < -0.4 is 4.74 Å². The molecule has 0 aromatic heterocycles. The number of hydrogen-bond donors (Lipinski definition) is 0. The fourth-order valence-corrected chi connectivity index (χ4v) is 1.78. The summed E-state index contributed by atoms with van der Waals surface area (Å²) in [5.41, 5.74) is -0.0446. The molecule has 0 bridgehead atoms. The van der Waals surface area contributed by atoms with E-state index in [-0.39, 0.29) is 17.1 Å². The molecule has 2 rings (SSSR count). The zero-order valence-corrected chi connectivity index (χ0v) is 11.1. The first kappa shape index (κ1) is 14.9. The third kappa shape index (κ3) is 3.34. The third-order valence-electron chi connectivity index (χ3n) is 2.78. The topological polar surface area (TPSA) is 119 Å². The quantitative estimate of drug-likeness (QED) is 0.617. The molecule has 0 amide bonds. The Bertz CT molecular complexity index is 769. The number of nitro benzene ring substituents is 2. The first-order valence-corrected chi connectivity index (χ1v) is 6.06. The molecule has 8 heteroatoms. The molecule has 2 aromatic carbocycles. The zero-order chi connectivity index (χ0) is 16.1. The lowest BCUT2D eigenvalue weighted by atomic mass is 10.1. The Labute approximate surface area is 124 Å². The Morgan fingerprint density at radius 2 is 1.59 bits per heavy atom. The summed E-state index contributed by atoms with van der Waals surface area (Å²) in [6.07, 6.45) is -1.11. The van der Waals surface area contributed by atoms with Crippen molar-refractivity contribution in [2.45, 2.75) is 6.10 Å². The van der Waals surface area contributed by atoms with Crippen LogP contribution in [0.1, 0.15) is 11.7 Å². The molecule has 0 saturated carbocycles. The van der Waals surface area contributed by atoms with Gasteiger partial charge >= 0.3 is 0 Å². The molecule has 1 unspecified atom stereocenters. The number of non-ortho nitro benzene ring substituents is 2. The van der Waals surface area contributed by atoms with Gasteiger partial charge in [-0.15, -0.1) is 0 Å². The predicted octanol–water partition coefficient (Wildman–Crippen LogP) is 3.15. The van der Waals surface area contributed by atoms with Crippen molar-refractivity contribution in [3.8, 4) is 11.8 Å². The van der Waals surface area contributed by atoms with Gasteiger partial charge in [0.05, 0.1) is 15.9 Å². The van der Waals surface area contributed by atoms with E-state index in [4.69, 9.17) is 4.74 Å². The zero-order valence-electron chi connectivity index (χ0n) is 11.1. The average Bonchev–Trinajstić information content (AvgIpc) is 2.53. The van der Waals surface area contributed by atoms with E-state index in [0.717, 1.165) is 0 Å². The van der Waals surface area contributed by atoms with Crippen molar-refractivity contribution in [2.24, 2.45) is 0 Å². The van der Waals surface area contributed by atoms with Crippen molar-refractivity contribution in [2.75, 3.05) is 0 Å². The van der Waals surface area contributed by atoms with Crippen molar-refractivity contribution in [3.63, 3.8) is 0 Å². The van der Waals surface area contributed by atoms with Crippen LogP contribution in [0.15, 0.2) is 48.5 Å². The lowest BCUT2D eigenvalue weighted by Gasteiger charge is -2.12. The SMILES string of the molecule is N#CC(Oc1cccc([N+](=O)[O-])c1)c1cccc([N+](=O)[O-])c1. The molecule has 22 heavy (non-hydrogen) atoms. The van der Waals surface area contributed by atoms with Crippen LogP contribution in [0, 0.1) is 31.6 Å². The molecule has 0 radical (unpaired) electrons. The van der Waals surface area contributed by atoms with Gasteiger partial charge in [0, 0.05) is 23.8 Å². The third-order valence-corrected chi connectivity index (χ3v) is 2.78. The summed E-state index contributed by atoms with van der Waals surface area (Å²) in [7, 11) is 0. The average molecular weight is 299 g/mol. The van der Waals surface area contributed by atoms with Gasteiger partial charge in [0.2, 0.25) is 6.10 Å². The van der Waals surface area contributed by atoms with Crippen molar-refractivity contribution in [3.05, 3.63) is 74.3 Å². The minimum Gasteiger partial charge on any atom is -0.470 e. The number of nitriles is 1. The first-order valence-electron chi connectivity index (χ1n) is 6.06. The molecule has 0 aliphatic carbocycles. The minimum atomic E-state index is -1.11. The van der Waals surface area contributed by atoms with Gasteiger partial charge in [0.1, 0.15) is 11.8 Å². The standard InChI is InChI=1S/C14H9N3O5/c15-9-14(10-3-1-4-11(7-10)16(18)19)22-13-6-2-5-12(8-13)17(20)21/h1-8,14H. The van der Waals surface area contributed by atoms with Gasteiger partial charge in [0.25, 0.3) is 11.4 Å². The Morgan fingerprint density at radius 1 is 1.00 bits per heavy atom. The molecule has 8 nitrogen and oxygen atoms in total. The summed E-state index contributed by atoms with van der Waals surface area (Å²) in [6, 6.07) is 12.7. The summed E-state index contributed by atoms with van der Waals surface area (Å²) < 4.78 is 5.39. The molecule has 0 aliphatic rings. The lowest BCUT2D eigenvalue weighted by Crippen LogP contribution is -2.06. The number of hydrogen-bond acceptors (Lipinski definition) is 6. The van der Waals surface area contributed by atoms with Crippen LogP contribution >= 0.6 is 0 Å². The van der Waals surface area contributed by atoms with Crippen LogP contribution in [0.4, 0.5) is 11.4 Å². The van der Waals surface area contributed by atoms with E-state index in [2.05, 4.69) is 0 Å². The van der Waals surface area contributed by atoms with Gasteiger partial charge in [-0.1, -0.05) is 18.2 Å². The Hall–Kier alpha value is -3.47. The van der Waals surface area contributed by atoms with Crippen molar-refractivity contribution in [1.29, 1.82) is 5.26 Å². The van der Waals surface area contributed by atoms with Crippen molar-refractivity contribution >= 4 is 11.4 Å². The molecule has 0 N–H and O–H groups in total. The van der Waals surface area contributed by atoms with Crippen molar-refractivity contribution in [1.82, 2.24) is 0 Å². The smallest absolute Gasteiger partial charge is 0.273 e. The highest BCUT2D eigenvalue weighted by atomic mass is 16.6. The highest BCUT2D eigenvalue weighted by molar-refractivity contribution is 5.40. The number of nitrogens with zero attached hydrogens (tertiary/aromatic N) is 3. The molecule has 0 fully saturated rings. The van der Waals surface area contributed by atoms with E-state index in [1.807, 2.05) is 6.07 Å². The van der Waals surface area contributed by atoms with E-state index in [1.54, 1.807) is 0 Å². The second-order valence-corrected chi connectivity index (χ2v) is 4.23. The highest BCUT2D eigenvalue weighted by Gasteiger charge is 2.17. The molecule has 110 valence electrons. The van der Waals surface area contributed by atoms with E-state index >= 15 is 0 Å². The van der Waals surface area contributed by atoms with Crippen LogP contribution in [0.2, 0.25) is 0 Å². The maximum absolute atomic E-state index is 10.7. The summed E-state index contributed by atoms with van der Waals surface area (Å²) in [4.78, 5) is 20.3. The second kappa shape index (κ2) is 6.32. The second-order valence-electron chi connectivity index (χ2n) is 4.23. The van der Waals surface area contributed by atoms with Crippen LogP contribution in [0.5, 0.6) is 5.75 Å². The van der Waals surface area contributed by atoms with Crippen LogP contribution in [-0.2, 0) is 0 Å². The highest BCUT2D eigenvalue weighted by Crippen LogP contribution is 2.26. The number of rotatable bonds is 5. The van der Waals surface area contributed by atoms with Crippen LogP contribution in [0.25, 0.3) is 0 Å². The maximum Gasteiger partial charge on any atom is 0.273 e. The van der Waals surface area contributed by atoms with Gasteiger partial charge in [-0.05, 0) is 6.07 Å². The van der Waals surface area contributed by atoms with E-state index in [0.29, 0.717) is 5.56 Å². The van der Waals surface area contributed by atoms with Gasteiger partial charge in [-0.3, -0.25) is 20.2 Å². The molecule has 0 spiro atoms. The normalized spacial score (nSPS) is 11.2. The largest absolute Gasteiger partial charge is 0.470 e. The van der Waals surface area contributed by atoms with E-state index in [9.17, 15) is 25.5 Å².